The summed E-state index contributed by atoms with van der Waals surface area (Å²) in [6.45, 7) is 0. The van der Waals surface area contributed by atoms with Crippen molar-refractivity contribution in [1.29, 1.82) is 0 Å². The van der Waals surface area contributed by atoms with Crippen molar-refractivity contribution in [2.24, 2.45) is 5.10 Å². The van der Waals surface area contributed by atoms with Gasteiger partial charge in [-0.15, -0.1) is 9.74 Å². The highest BCUT2D eigenvalue weighted by Gasteiger charge is 2.11. The van der Waals surface area contributed by atoms with Crippen molar-refractivity contribution >= 4 is 34.2 Å². The number of hydrazine groups is 1. The molecule has 1 heterocycles. The number of hydrogen-bond acceptors (Lipinski definition) is 3. The van der Waals surface area contributed by atoms with Gasteiger partial charge in [0, 0.05) is 6.08 Å². The van der Waals surface area contributed by atoms with E-state index in [9.17, 15) is 0 Å². The summed E-state index contributed by atoms with van der Waals surface area (Å²) < 4.78 is 1.07. The molecule has 1 N–H and O–H groups in total. The second-order valence-electron chi connectivity index (χ2n) is 4.30. The molecule has 5 heteroatoms. The molecule has 100 valence electrons. The monoisotopic (exact) mass is 303 g/mol. The molecule has 0 unspecified atom stereocenters. The summed E-state index contributed by atoms with van der Waals surface area (Å²) in [5, 5.41) is 4.15. The topological polar surface area (TPSA) is 27.6 Å². The fraction of sp³-hybridized carbons (Fsp3) is 0. The summed E-state index contributed by atoms with van der Waals surface area (Å²) in [4.78, 5) is 0. The zero-order valence-corrected chi connectivity index (χ0v) is 11.9. The third-order valence-corrected chi connectivity index (χ3v) is 3.31. The number of halogens is 2. The van der Waals surface area contributed by atoms with Crippen LogP contribution in [0.4, 0.5) is 0 Å². The molecule has 20 heavy (non-hydrogen) atoms. The fourth-order valence-electron chi connectivity index (χ4n) is 2.01. The van der Waals surface area contributed by atoms with Crippen LogP contribution in [0.1, 0.15) is 5.56 Å². The van der Waals surface area contributed by atoms with Crippen LogP contribution in [0.2, 0.25) is 0 Å². The normalized spacial score (nSPS) is 14.4. The molecule has 0 radical (unpaired) electrons. The summed E-state index contributed by atoms with van der Waals surface area (Å²) in [5.41, 5.74) is 7.05. The Labute approximate surface area is 127 Å². The van der Waals surface area contributed by atoms with Crippen LogP contribution >= 0.6 is 23.4 Å². The van der Waals surface area contributed by atoms with E-state index in [2.05, 4.69) is 34.8 Å². The molecule has 3 nitrogen and oxygen atoms in total. The lowest BCUT2D eigenvalue weighted by Crippen LogP contribution is -2.27. The first-order valence-corrected chi connectivity index (χ1v) is 6.78. The highest BCUT2D eigenvalue weighted by Crippen LogP contribution is 2.23. The third kappa shape index (κ3) is 2.79. The Morgan fingerprint density at radius 2 is 1.45 bits per heavy atom. The van der Waals surface area contributed by atoms with Gasteiger partial charge in [-0.1, -0.05) is 66.2 Å². The first-order chi connectivity index (χ1) is 9.72. The smallest absolute Gasteiger partial charge is 0.154 e. The van der Waals surface area contributed by atoms with Crippen molar-refractivity contribution in [3.63, 3.8) is 0 Å². The largest absolute Gasteiger partial charge is 0.266 e. The predicted molar refractivity (Wildman–Crippen MR) is 84.0 cm³/mol. The van der Waals surface area contributed by atoms with Gasteiger partial charge in [0.1, 0.15) is 0 Å². The minimum Gasteiger partial charge on any atom is -0.266 e. The third-order valence-electron chi connectivity index (χ3n) is 2.96. The number of rotatable bonds is 2. The summed E-state index contributed by atoms with van der Waals surface area (Å²) >= 11 is 11.7. The maximum absolute atomic E-state index is 5.89. The maximum Gasteiger partial charge on any atom is 0.154 e. The maximum atomic E-state index is 5.89. The van der Waals surface area contributed by atoms with Crippen LogP contribution in [-0.2, 0) is 0 Å². The molecule has 2 aromatic rings. The molecule has 0 spiro atoms. The lowest BCUT2D eigenvalue weighted by atomic mass is 10.0. The lowest BCUT2D eigenvalue weighted by molar-refractivity contribution is 0.425. The van der Waals surface area contributed by atoms with E-state index in [1.165, 1.54) is 5.56 Å². The van der Waals surface area contributed by atoms with Gasteiger partial charge in [0.05, 0.1) is 17.5 Å². The number of nitrogens with zero attached hydrogens (tertiary/aromatic N) is 2. The van der Waals surface area contributed by atoms with Gasteiger partial charge in [-0.2, -0.15) is 0 Å². The Hall–Kier alpha value is -1.97. The minimum atomic E-state index is 0.334. The standard InChI is InChI=1S/C15H11Cl2N3/c16-15-10-14(18-20(17)19-15)13-8-6-12(7-9-13)11-4-2-1-3-5-11/h1-10,18H. The van der Waals surface area contributed by atoms with Crippen molar-refractivity contribution in [1.82, 2.24) is 10.1 Å². The lowest BCUT2D eigenvalue weighted by Gasteiger charge is -2.19. The molecule has 0 atom stereocenters. The van der Waals surface area contributed by atoms with Gasteiger partial charge in [0.2, 0.25) is 0 Å². The average Bonchev–Trinajstić information content (AvgIpc) is 2.47. The Bertz CT molecular complexity index is 663. The molecule has 2 aromatic carbocycles. The average molecular weight is 304 g/mol. The molecule has 1 aliphatic rings. The molecule has 0 fully saturated rings. The van der Waals surface area contributed by atoms with E-state index in [-0.39, 0.29) is 0 Å². The molecule has 3 rings (SSSR count). The number of hydrogen-bond donors (Lipinski definition) is 1. The van der Waals surface area contributed by atoms with E-state index < -0.39 is 0 Å². The fourth-order valence-corrected chi connectivity index (χ4v) is 2.41. The second-order valence-corrected chi connectivity index (χ2v) is 5.00. The van der Waals surface area contributed by atoms with Crippen molar-refractivity contribution in [2.45, 2.75) is 0 Å². The van der Waals surface area contributed by atoms with Crippen LogP contribution in [0.15, 0.2) is 65.8 Å². The van der Waals surface area contributed by atoms with E-state index in [0.29, 0.717) is 5.17 Å². The van der Waals surface area contributed by atoms with Crippen LogP contribution in [0.5, 0.6) is 0 Å². The van der Waals surface area contributed by atoms with Crippen LogP contribution in [-0.4, -0.2) is 9.81 Å². The molecular formula is C15H11Cl2N3. The van der Waals surface area contributed by atoms with Crippen LogP contribution in [0.3, 0.4) is 0 Å². The zero-order valence-electron chi connectivity index (χ0n) is 10.4. The highest BCUT2D eigenvalue weighted by atomic mass is 35.5. The van der Waals surface area contributed by atoms with Gasteiger partial charge in [-0.25, -0.2) is 0 Å². The van der Waals surface area contributed by atoms with Gasteiger partial charge < -0.3 is 0 Å². The summed E-state index contributed by atoms with van der Waals surface area (Å²) in [5.74, 6) is 0. The number of allylic oxidation sites excluding steroid dienone is 1. The molecule has 0 aromatic heterocycles. The molecular weight excluding hydrogens is 293 g/mol. The van der Waals surface area contributed by atoms with Gasteiger partial charge in [0.15, 0.2) is 5.17 Å². The van der Waals surface area contributed by atoms with E-state index in [4.69, 9.17) is 23.4 Å². The first-order valence-electron chi connectivity index (χ1n) is 6.06. The molecule has 0 saturated heterocycles. The number of nitrogens with one attached hydrogen (secondary N) is 1. The van der Waals surface area contributed by atoms with E-state index in [1.54, 1.807) is 6.08 Å². The van der Waals surface area contributed by atoms with E-state index in [1.807, 2.05) is 30.3 Å². The van der Waals surface area contributed by atoms with Crippen LogP contribution in [0.25, 0.3) is 16.8 Å². The van der Waals surface area contributed by atoms with E-state index >= 15 is 0 Å². The highest BCUT2D eigenvalue weighted by molar-refractivity contribution is 6.69. The van der Waals surface area contributed by atoms with Crippen molar-refractivity contribution in [3.8, 4) is 11.1 Å². The molecule has 0 amide bonds. The quantitative estimate of drug-likeness (QED) is 0.841. The Balaban J connectivity index is 1.89. The van der Waals surface area contributed by atoms with Crippen molar-refractivity contribution in [3.05, 3.63) is 66.2 Å². The molecule has 1 aliphatic heterocycles. The number of hydrazone groups is 1. The minimum absolute atomic E-state index is 0.334. The van der Waals surface area contributed by atoms with Crippen LogP contribution in [0, 0.1) is 0 Å². The predicted octanol–water partition coefficient (Wildman–Crippen LogP) is 4.22. The van der Waals surface area contributed by atoms with Crippen LogP contribution < -0.4 is 5.43 Å². The molecule has 0 saturated carbocycles. The molecule has 0 bridgehead atoms. The first kappa shape index (κ1) is 13.0. The second kappa shape index (κ2) is 5.57. The van der Waals surface area contributed by atoms with E-state index in [0.717, 1.165) is 21.5 Å². The summed E-state index contributed by atoms with van der Waals surface area (Å²) in [6.07, 6.45) is 1.73. The summed E-state index contributed by atoms with van der Waals surface area (Å²) in [7, 11) is 0. The Morgan fingerprint density at radius 3 is 2.10 bits per heavy atom. The van der Waals surface area contributed by atoms with Gasteiger partial charge in [0.25, 0.3) is 0 Å². The zero-order chi connectivity index (χ0) is 13.9. The Morgan fingerprint density at radius 1 is 0.850 bits per heavy atom. The molecule has 0 aliphatic carbocycles. The number of benzene rings is 2. The van der Waals surface area contributed by atoms with Gasteiger partial charge >= 0.3 is 0 Å². The van der Waals surface area contributed by atoms with Crippen molar-refractivity contribution in [2.75, 3.05) is 0 Å². The van der Waals surface area contributed by atoms with Gasteiger partial charge in [-0.3, -0.25) is 5.43 Å². The van der Waals surface area contributed by atoms with Gasteiger partial charge in [-0.05, 0) is 16.7 Å². The Kier molecular flexibility index (Phi) is 3.63. The van der Waals surface area contributed by atoms with Crippen molar-refractivity contribution < 1.29 is 0 Å². The summed E-state index contributed by atoms with van der Waals surface area (Å²) in [6, 6.07) is 18.4. The SMILES string of the molecule is ClC1=NN(Cl)NC(c2ccc(-c3ccccc3)cc2)=C1.